The molecule has 1 aromatic heterocycles. The van der Waals surface area contributed by atoms with Gasteiger partial charge < -0.3 is 25.4 Å². The molecule has 3 aromatic carbocycles. The van der Waals surface area contributed by atoms with Gasteiger partial charge in [-0.1, -0.05) is 102 Å². The van der Waals surface area contributed by atoms with Crippen LogP contribution < -0.4 is 16.0 Å². The molecular formula is C38H37N5O7S2. The number of nitrogens with one attached hydrogen (secondary N) is 3. The van der Waals surface area contributed by atoms with Crippen LogP contribution in [0.3, 0.4) is 0 Å². The number of hydrogen-bond acceptors (Lipinski definition) is 10. The summed E-state index contributed by atoms with van der Waals surface area (Å²) in [5, 5.41) is 7.78. The van der Waals surface area contributed by atoms with Crippen molar-refractivity contribution in [1.29, 1.82) is 0 Å². The molecule has 2 aliphatic rings. The molecular weight excluding hydrogens is 703 g/mol. The number of β-lactam (4-membered cyclic amide) rings is 1. The van der Waals surface area contributed by atoms with E-state index in [-0.39, 0.29) is 17.4 Å². The summed E-state index contributed by atoms with van der Waals surface area (Å²) in [7, 11) is 0. The second-order valence-corrected chi connectivity index (χ2v) is 15.2. The third-order valence-corrected chi connectivity index (χ3v) is 10.3. The van der Waals surface area contributed by atoms with Gasteiger partial charge in [0.1, 0.15) is 28.8 Å². The predicted octanol–water partition coefficient (Wildman–Crippen LogP) is 5.81. The molecule has 2 aliphatic heterocycles. The monoisotopic (exact) mass is 739 g/mol. The Kier molecular flexibility index (Phi) is 10.8. The van der Waals surface area contributed by atoms with E-state index in [1.165, 1.54) is 34.9 Å². The molecule has 0 spiro atoms. The van der Waals surface area contributed by atoms with Gasteiger partial charge in [0.25, 0.3) is 5.91 Å². The highest BCUT2D eigenvalue weighted by Gasteiger charge is 2.55. The summed E-state index contributed by atoms with van der Waals surface area (Å²) in [6.07, 6.45) is -0.0374. The average molecular weight is 740 g/mol. The Bertz CT molecular complexity index is 1960. The van der Waals surface area contributed by atoms with Crippen molar-refractivity contribution in [2.45, 2.75) is 56.9 Å². The van der Waals surface area contributed by atoms with E-state index in [0.717, 1.165) is 11.1 Å². The summed E-state index contributed by atoms with van der Waals surface area (Å²) in [5.41, 5.74) is 1.70. The third kappa shape index (κ3) is 8.19. The second-order valence-electron chi connectivity index (χ2n) is 13.0. The highest BCUT2D eigenvalue weighted by atomic mass is 32.2. The summed E-state index contributed by atoms with van der Waals surface area (Å²) >= 11 is 2.53. The minimum absolute atomic E-state index is 0.0284. The molecule has 3 atom stereocenters. The number of amides is 4. The Morgan fingerprint density at radius 2 is 1.46 bits per heavy atom. The number of ether oxygens (including phenoxy) is 2. The van der Waals surface area contributed by atoms with Crippen molar-refractivity contribution in [1.82, 2.24) is 20.5 Å². The zero-order chi connectivity index (χ0) is 37.0. The number of aromatic nitrogens is 1. The molecule has 0 bridgehead atoms. The fraction of sp³-hybridized carbons (Fsp3) is 0.263. The van der Waals surface area contributed by atoms with Gasteiger partial charge in [0, 0.05) is 24.4 Å². The third-order valence-electron chi connectivity index (χ3n) is 8.03. The number of fused-ring (bicyclic) bond motifs is 1. The summed E-state index contributed by atoms with van der Waals surface area (Å²) in [4.78, 5) is 73.0. The predicted molar refractivity (Wildman–Crippen MR) is 198 cm³/mol. The maximum absolute atomic E-state index is 14.4. The second kappa shape index (κ2) is 15.4. The van der Waals surface area contributed by atoms with Gasteiger partial charge in [-0.15, -0.1) is 11.8 Å². The lowest BCUT2D eigenvalue weighted by Crippen LogP contribution is -2.71. The average Bonchev–Trinajstić information content (AvgIpc) is 3.58. The first-order chi connectivity index (χ1) is 24.9. The van der Waals surface area contributed by atoms with Crippen molar-refractivity contribution in [3.63, 3.8) is 0 Å². The number of nitrogens with zero attached hydrogens (tertiary/aromatic N) is 2. The largest absolute Gasteiger partial charge is 0.448 e. The van der Waals surface area contributed by atoms with Crippen LogP contribution in [0.15, 0.2) is 103 Å². The van der Waals surface area contributed by atoms with Crippen LogP contribution >= 0.6 is 23.1 Å². The highest BCUT2D eigenvalue weighted by molar-refractivity contribution is 8.00. The Hall–Kier alpha value is -5.47. The van der Waals surface area contributed by atoms with Gasteiger partial charge in [0.05, 0.1) is 4.88 Å². The molecule has 0 saturated carbocycles. The van der Waals surface area contributed by atoms with Crippen LogP contribution in [0.4, 0.5) is 9.93 Å². The molecule has 3 heterocycles. The van der Waals surface area contributed by atoms with Crippen molar-refractivity contribution in [3.8, 4) is 0 Å². The molecule has 0 radical (unpaired) electrons. The summed E-state index contributed by atoms with van der Waals surface area (Å²) in [6.45, 7) is 6.51. The molecule has 3 N–H and O–H groups in total. The molecule has 268 valence electrons. The minimum Gasteiger partial charge on any atom is -0.448 e. The van der Waals surface area contributed by atoms with Gasteiger partial charge in [-0.05, 0) is 37.5 Å². The smallest absolute Gasteiger partial charge is 0.408 e. The zero-order valence-electron chi connectivity index (χ0n) is 28.8. The highest BCUT2D eigenvalue weighted by Crippen LogP contribution is 2.45. The van der Waals surface area contributed by atoms with Crippen LogP contribution in [-0.4, -0.2) is 62.4 Å². The number of anilines is 1. The Balaban J connectivity index is 1.31. The molecule has 2 unspecified atom stereocenters. The first kappa shape index (κ1) is 36.3. The fourth-order valence-corrected chi connectivity index (χ4v) is 8.14. The SMILES string of the molecule is CC(=O)Nc1ncc(C2=C(C(=O)OC(c3ccccc3)c3ccccc3)N3C(=O)C(NC(=O)[C@H](NC(=O)OC(C)(C)C)c4ccccc4)C3SC2)s1. The first-order valence-electron chi connectivity index (χ1n) is 16.5. The molecule has 1 saturated heterocycles. The van der Waals surface area contributed by atoms with E-state index in [9.17, 15) is 24.0 Å². The van der Waals surface area contributed by atoms with E-state index in [0.29, 0.717) is 21.1 Å². The number of carbonyl (C=O) groups excluding carboxylic acids is 5. The summed E-state index contributed by atoms with van der Waals surface area (Å²) < 4.78 is 11.7. The van der Waals surface area contributed by atoms with E-state index in [1.807, 2.05) is 60.7 Å². The van der Waals surface area contributed by atoms with Gasteiger partial charge in [-0.2, -0.15) is 0 Å². The maximum atomic E-state index is 14.4. The lowest BCUT2D eigenvalue weighted by Gasteiger charge is -2.50. The first-order valence-corrected chi connectivity index (χ1v) is 18.3. The van der Waals surface area contributed by atoms with Gasteiger partial charge in [-0.25, -0.2) is 14.6 Å². The number of rotatable bonds is 10. The van der Waals surface area contributed by atoms with Crippen molar-refractivity contribution < 1.29 is 33.4 Å². The van der Waals surface area contributed by atoms with Crippen molar-refractivity contribution >= 4 is 63.6 Å². The molecule has 12 nitrogen and oxygen atoms in total. The van der Waals surface area contributed by atoms with Crippen molar-refractivity contribution in [3.05, 3.63) is 124 Å². The van der Waals surface area contributed by atoms with E-state index < -0.39 is 53.0 Å². The summed E-state index contributed by atoms with van der Waals surface area (Å²) in [5.74, 6) is -1.91. The molecule has 4 amide bonds. The quantitative estimate of drug-likeness (QED) is 0.135. The van der Waals surface area contributed by atoms with Crippen molar-refractivity contribution in [2.75, 3.05) is 11.1 Å². The van der Waals surface area contributed by atoms with Crippen LogP contribution in [0.5, 0.6) is 0 Å². The number of benzene rings is 3. The standard InChI is InChI=1S/C38H37N5O7S2/c1-22(44)40-36-39-20-27(52-36)26-21-51-34-29(41-32(45)28(23-14-8-5-9-15-23)42-37(48)50-38(2,3)4)33(46)43(34)30(26)35(47)49-31(24-16-10-6-11-17-24)25-18-12-7-13-19-25/h5-20,28-29,31,34H,21H2,1-4H3,(H,41,45)(H,42,48)(H,39,40,44)/t28-,29?,34?/m1/s1. The fourth-order valence-electron chi connectivity index (χ4n) is 5.77. The van der Waals surface area contributed by atoms with E-state index in [1.54, 1.807) is 57.3 Å². The van der Waals surface area contributed by atoms with Crippen LogP contribution in [0.1, 0.15) is 61.4 Å². The van der Waals surface area contributed by atoms with Crippen LogP contribution in [0, 0.1) is 0 Å². The lowest BCUT2D eigenvalue weighted by atomic mass is 9.99. The zero-order valence-corrected chi connectivity index (χ0v) is 30.5. The number of thiazole rings is 1. The number of esters is 1. The van der Waals surface area contributed by atoms with E-state index in [2.05, 4.69) is 20.9 Å². The Morgan fingerprint density at radius 3 is 2.02 bits per heavy atom. The number of carbonyl (C=O) groups is 5. The van der Waals surface area contributed by atoms with Crippen LogP contribution in [-0.2, 0) is 28.7 Å². The molecule has 52 heavy (non-hydrogen) atoms. The van der Waals surface area contributed by atoms with Gasteiger partial charge in [0.15, 0.2) is 11.2 Å². The van der Waals surface area contributed by atoms with Crippen LogP contribution in [0.25, 0.3) is 5.57 Å². The van der Waals surface area contributed by atoms with Crippen molar-refractivity contribution in [2.24, 2.45) is 0 Å². The molecule has 14 heteroatoms. The summed E-state index contributed by atoms with van der Waals surface area (Å²) in [6, 6.07) is 25.0. The molecule has 6 rings (SSSR count). The number of hydrogen-bond donors (Lipinski definition) is 3. The molecule has 0 aliphatic carbocycles. The molecule has 1 fully saturated rings. The van der Waals surface area contributed by atoms with Gasteiger partial charge in [0.2, 0.25) is 11.8 Å². The Labute approximate surface area is 309 Å². The van der Waals surface area contributed by atoms with Crippen LogP contribution in [0.2, 0.25) is 0 Å². The topological polar surface area (TPSA) is 156 Å². The molecule has 4 aromatic rings. The number of thioether (sulfide) groups is 1. The van der Waals surface area contributed by atoms with Gasteiger partial charge in [-0.3, -0.25) is 19.3 Å². The lowest BCUT2D eigenvalue weighted by molar-refractivity contribution is -0.154. The number of alkyl carbamates (subject to hydrolysis) is 1. The normalized spacial score (nSPS) is 17.4. The minimum atomic E-state index is -1.16. The maximum Gasteiger partial charge on any atom is 0.408 e. The van der Waals surface area contributed by atoms with E-state index in [4.69, 9.17) is 9.47 Å². The Morgan fingerprint density at radius 1 is 0.885 bits per heavy atom. The van der Waals surface area contributed by atoms with E-state index >= 15 is 0 Å². The van der Waals surface area contributed by atoms with Gasteiger partial charge >= 0.3 is 12.1 Å².